The number of nitrogens with two attached hydrogens (primary N) is 3. The molecule has 9 N–H and O–H groups in total. The third-order valence-corrected chi connectivity index (χ3v) is 27.2. The molecule has 0 saturated heterocycles. The first-order valence-corrected chi connectivity index (χ1v) is 52.2. The van der Waals surface area contributed by atoms with Gasteiger partial charge in [-0.3, -0.25) is 19.3 Å². The highest BCUT2D eigenvalue weighted by molar-refractivity contribution is 5.89. The van der Waals surface area contributed by atoms with Crippen molar-refractivity contribution in [2.24, 2.45) is 33.9 Å². The summed E-state index contributed by atoms with van der Waals surface area (Å²) in [5.74, 6) is 0.135. The summed E-state index contributed by atoms with van der Waals surface area (Å²) in [6.45, 7) is 21.6. The van der Waals surface area contributed by atoms with E-state index in [1.807, 2.05) is 0 Å². The predicted octanol–water partition coefficient (Wildman–Crippen LogP) is 30.6. The molecule has 0 heterocycles. The monoisotopic (exact) mass is 1590 g/mol. The number of carbonyl (C=O) groups excluding carboxylic acids is 3. The van der Waals surface area contributed by atoms with Gasteiger partial charge in [-0.2, -0.15) is 0 Å². The second-order valence-electron chi connectivity index (χ2n) is 37.1. The number of carbonyl (C=O) groups is 3. The van der Waals surface area contributed by atoms with Crippen LogP contribution in [0.1, 0.15) is 569 Å². The molecule has 113 heavy (non-hydrogen) atoms. The van der Waals surface area contributed by atoms with Crippen molar-refractivity contribution in [2.75, 3.05) is 45.8 Å². The molecule has 1 unspecified atom stereocenters. The average Bonchev–Trinajstić information content (AvgIpc) is 0.710. The summed E-state index contributed by atoms with van der Waals surface area (Å²) in [6, 6.07) is -0.438. The molecule has 674 valence electrons. The summed E-state index contributed by atoms with van der Waals surface area (Å²) in [5.41, 5.74) is 17.7. The van der Waals surface area contributed by atoms with Gasteiger partial charge in [-0.1, -0.05) is 492 Å². The summed E-state index contributed by atoms with van der Waals surface area (Å²) in [7, 11) is 0. The van der Waals surface area contributed by atoms with Crippen molar-refractivity contribution >= 4 is 17.7 Å². The highest BCUT2D eigenvalue weighted by Gasteiger charge is 2.63. The Morgan fingerprint density at radius 3 is 0.770 bits per heavy atom. The van der Waals surface area contributed by atoms with E-state index < -0.39 is 11.6 Å². The zero-order valence-electron chi connectivity index (χ0n) is 78.6. The fraction of sp³-hybridized carbons (Fsp3) is 0.971. The minimum Gasteiger partial charge on any atom is -0.349 e. The molecule has 0 radical (unpaired) electrons. The summed E-state index contributed by atoms with van der Waals surface area (Å²) >= 11 is 0. The Morgan fingerprint density at radius 2 is 0.496 bits per heavy atom. The summed E-state index contributed by atoms with van der Waals surface area (Å²) in [4.78, 5) is 47.8. The van der Waals surface area contributed by atoms with Crippen molar-refractivity contribution < 1.29 is 14.4 Å². The van der Waals surface area contributed by atoms with E-state index in [2.05, 4.69) is 76.2 Å². The predicted molar refractivity (Wildman–Crippen MR) is 503 cm³/mol. The lowest BCUT2D eigenvalue weighted by molar-refractivity contribution is -0.149. The second kappa shape index (κ2) is 85.2. The van der Waals surface area contributed by atoms with Crippen LogP contribution in [0.3, 0.4) is 0 Å². The molecule has 10 heteroatoms. The van der Waals surface area contributed by atoms with Crippen molar-refractivity contribution in [2.45, 2.75) is 581 Å². The SMILES string of the molecule is CCCCCCCCCCCCCCC(CCCCCCCCCC)C(CCCCCCCCCC)(CCCCCCCCCC)C(CCCCCCCCCC)(CCCCCCCCCC)C(CCCCCCCCCC)(CCCCCCCCCC)NC(=O)CNC(=O)CNC(=O)[C@H](CCCN)N(CCCN)CCCN. The van der Waals surface area contributed by atoms with Gasteiger partial charge in [0.15, 0.2) is 0 Å². The molecular weight excluding hydrogens is 1380 g/mol. The zero-order valence-corrected chi connectivity index (χ0v) is 78.6. The Balaban J connectivity index is 9.63. The first kappa shape index (κ1) is 111. The van der Waals surface area contributed by atoms with Gasteiger partial charge in [0, 0.05) is 18.6 Å². The number of amides is 3. The molecule has 0 aliphatic carbocycles. The van der Waals surface area contributed by atoms with E-state index in [0.717, 1.165) is 38.5 Å². The number of hydrogen-bond donors (Lipinski definition) is 6. The first-order chi connectivity index (χ1) is 55.5. The maximum absolute atomic E-state index is 16.5. The minimum atomic E-state index is -0.462. The Labute approximate surface area is 709 Å². The molecule has 10 nitrogen and oxygen atoms in total. The molecule has 0 aromatic heterocycles. The van der Waals surface area contributed by atoms with Gasteiger partial charge >= 0.3 is 0 Å². The molecule has 0 bridgehead atoms. The smallest absolute Gasteiger partial charge is 0.239 e. The van der Waals surface area contributed by atoms with Crippen molar-refractivity contribution in [3.8, 4) is 0 Å². The van der Waals surface area contributed by atoms with E-state index in [0.29, 0.717) is 51.5 Å². The van der Waals surface area contributed by atoms with Crippen LogP contribution in [-0.2, 0) is 14.4 Å². The van der Waals surface area contributed by atoms with E-state index in [1.54, 1.807) is 0 Å². The topological polar surface area (TPSA) is 169 Å². The molecule has 0 aromatic rings. The van der Waals surface area contributed by atoms with E-state index in [4.69, 9.17) is 17.2 Å². The van der Waals surface area contributed by atoms with E-state index in [9.17, 15) is 9.59 Å². The fourth-order valence-electron chi connectivity index (χ4n) is 20.3. The van der Waals surface area contributed by atoms with E-state index >= 15 is 4.79 Å². The lowest BCUT2D eigenvalue weighted by Crippen LogP contribution is -2.68. The summed E-state index contributed by atoms with van der Waals surface area (Å²) < 4.78 is 0. The van der Waals surface area contributed by atoms with Crippen LogP contribution >= 0.6 is 0 Å². The number of rotatable bonds is 95. The Bertz CT molecular complexity index is 1880. The van der Waals surface area contributed by atoms with Gasteiger partial charge in [0.1, 0.15) is 0 Å². The standard InChI is InChI=1S/C103H209N7O3/c1-9-17-25-33-41-49-50-51-52-54-62-70-81-96(80-69-61-53-42-34-26-18-10-2)101(83-71-63-55-43-35-27-19-11-3,84-72-64-56-44-36-28-20-12-4)102(85-73-65-57-45-37-29-21-13-5,86-74-66-58-46-38-30-22-14-6)103(87-75-67-59-47-39-31-23-15-7,88-76-68-60-48-40-32-24-16-8)109-99(112)95-107-98(111)94-108-100(113)97(82-77-89-104)110(92-78-90-105)93-79-91-106/h96-97H,9-95,104-106H2,1-8H3,(H,107,111)(H,108,113)(H,109,112)/t96?,97-/m0/s1. The zero-order chi connectivity index (χ0) is 82.6. The van der Waals surface area contributed by atoms with Crippen LogP contribution in [0.5, 0.6) is 0 Å². The van der Waals surface area contributed by atoms with Gasteiger partial charge in [0.2, 0.25) is 17.7 Å². The van der Waals surface area contributed by atoms with Crippen LogP contribution in [0, 0.1) is 16.7 Å². The van der Waals surface area contributed by atoms with Crippen molar-refractivity contribution in [3.63, 3.8) is 0 Å². The molecule has 0 aromatic carbocycles. The van der Waals surface area contributed by atoms with Crippen LogP contribution in [0.4, 0.5) is 0 Å². The highest BCUT2D eigenvalue weighted by atomic mass is 16.2. The molecule has 0 fully saturated rings. The number of unbranched alkanes of at least 4 members (excludes halogenated alkanes) is 60. The van der Waals surface area contributed by atoms with E-state index in [-0.39, 0.29) is 41.6 Å². The van der Waals surface area contributed by atoms with E-state index in [1.165, 1.54) is 462 Å². The minimum absolute atomic E-state index is 0.00392. The normalized spacial score (nSPS) is 12.7. The molecule has 0 saturated carbocycles. The molecule has 0 spiro atoms. The van der Waals surface area contributed by atoms with Gasteiger partial charge in [-0.15, -0.1) is 0 Å². The second-order valence-corrected chi connectivity index (χ2v) is 37.1. The van der Waals surface area contributed by atoms with Crippen LogP contribution in [0.25, 0.3) is 0 Å². The van der Waals surface area contributed by atoms with Gasteiger partial charge in [-0.25, -0.2) is 0 Å². The van der Waals surface area contributed by atoms with Crippen molar-refractivity contribution in [1.29, 1.82) is 0 Å². The largest absolute Gasteiger partial charge is 0.349 e. The number of nitrogens with zero attached hydrogens (tertiary/aromatic N) is 1. The van der Waals surface area contributed by atoms with Gasteiger partial charge < -0.3 is 33.2 Å². The summed E-state index contributed by atoms with van der Waals surface area (Å²) in [6.07, 6.45) is 103. The Hall–Kier alpha value is -1.75. The van der Waals surface area contributed by atoms with Crippen molar-refractivity contribution in [1.82, 2.24) is 20.9 Å². The maximum atomic E-state index is 16.5. The lowest BCUT2D eigenvalue weighted by Gasteiger charge is -2.65. The van der Waals surface area contributed by atoms with Crippen LogP contribution in [0.15, 0.2) is 0 Å². The van der Waals surface area contributed by atoms with Gasteiger partial charge in [-0.05, 0) is 113 Å². The number of hydrogen-bond acceptors (Lipinski definition) is 7. The molecule has 0 aliphatic rings. The third kappa shape index (κ3) is 59.6. The Morgan fingerprint density at radius 1 is 0.257 bits per heavy atom. The molecule has 0 aliphatic heterocycles. The van der Waals surface area contributed by atoms with Crippen LogP contribution < -0.4 is 33.2 Å². The molecule has 0 rings (SSSR count). The van der Waals surface area contributed by atoms with Gasteiger partial charge in [0.05, 0.1) is 19.1 Å². The first-order valence-electron chi connectivity index (χ1n) is 52.2. The maximum Gasteiger partial charge on any atom is 0.239 e. The molecule has 3 amide bonds. The van der Waals surface area contributed by atoms with Crippen molar-refractivity contribution in [3.05, 3.63) is 0 Å². The molecule has 2 atom stereocenters. The molecular formula is C103H209N7O3. The average molecular weight is 1590 g/mol. The number of nitrogens with one attached hydrogen (secondary N) is 3. The third-order valence-electron chi connectivity index (χ3n) is 27.2. The van der Waals surface area contributed by atoms with Crippen LogP contribution in [-0.4, -0.2) is 80.0 Å². The summed E-state index contributed by atoms with van der Waals surface area (Å²) in [5, 5.41) is 10.8. The quantitative estimate of drug-likeness (QED) is 0.0330. The highest BCUT2D eigenvalue weighted by Crippen LogP contribution is 2.66. The fourth-order valence-corrected chi connectivity index (χ4v) is 20.3. The van der Waals surface area contributed by atoms with Crippen LogP contribution in [0.2, 0.25) is 0 Å². The van der Waals surface area contributed by atoms with Gasteiger partial charge in [0.25, 0.3) is 0 Å². The Kier molecular flexibility index (Phi) is 83.9. The lowest BCUT2D eigenvalue weighted by atomic mass is 9.42.